The van der Waals surface area contributed by atoms with Crippen LogP contribution in [0.1, 0.15) is 36.5 Å². The first kappa shape index (κ1) is 13.1. The number of carbonyl (C=O) groups is 2. The molecular weight excluding hydrogens is 254 g/mol. The molecule has 0 aromatic heterocycles. The lowest BCUT2D eigenvalue weighted by atomic mass is 9.83. The summed E-state index contributed by atoms with van der Waals surface area (Å²) in [5, 5.41) is 13.2. The van der Waals surface area contributed by atoms with Crippen molar-refractivity contribution in [3.63, 3.8) is 0 Å². The van der Waals surface area contributed by atoms with E-state index in [2.05, 4.69) is 5.32 Å². The third-order valence-corrected chi connectivity index (χ3v) is 3.35. The Morgan fingerprint density at radius 1 is 1.39 bits per heavy atom. The summed E-state index contributed by atoms with van der Waals surface area (Å²) in [5.74, 6) is -1.23. The summed E-state index contributed by atoms with van der Waals surface area (Å²) in [7, 11) is 0. The van der Waals surface area contributed by atoms with Crippen LogP contribution in [0.25, 0.3) is 0 Å². The molecule has 0 fully saturated rings. The number of Topliss-reactive ketones (excluding diaryl/α,β-unsaturated/α-hetero) is 1. The number of ketones is 1. The van der Waals surface area contributed by atoms with Crippen LogP contribution in [-0.2, 0) is 4.79 Å². The number of aliphatic hydroxyl groups is 1. The molecule has 0 radical (unpaired) electrons. The average Bonchev–Trinajstić information content (AvgIpc) is 2.35. The summed E-state index contributed by atoms with van der Waals surface area (Å²) in [4.78, 5) is 24.1. The number of carbonyl (C=O) groups excluding carboxylic acids is 2. The largest absolute Gasteiger partial charge is 0.373 e. The van der Waals surface area contributed by atoms with Gasteiger partial charge in [-0.1, -0.05) is 24.9 Å². The highest BCUT2D eigenvalue weighted by atomic mass is 35.5. The van der Waals surface area contributed by atoms with E-state index in [9.17, 15) is 14.7 Å². The van der Waals surface area contributed by atoms with Gasteiger partial charge < -0.3 is 10.4 Å². The van der Waals surface area contributed by atoms with Gasteiger partial charge in [-0.15, -0.1) is 0 Å². The number of benzene rings is 1. The average molecular weight is 268 g/mol. The van der Waals surface area contributed by atoms with Crippen molar-refractivity contribution in [1.82, 2.24) is 0 Å². The van der Waals surface area contributed by atoms with Gasteiger partial charge in [-0.05, 0) is 31.0 Å². The van der Waals surface area contributed by atoms with Crippen LogP contribution in [0, 0.1) is 0 Å². The van der Waals surface area contributed by atoms with Gasteiger partial charge in [0, 0.05) is 10.6 Å². The lowest BCUT2D eigenvalue weighted by molar-refractivity contribution is -0.130. The molecule has 0 spiro atoms. The number of halogens is 1. The van der Waals surface area contributed by atoms with Gasteiger partial charge in [0.05, 0.1) is 5.69 Å². The molecule has 96 valence electrons. The third-order valence-electron chi connectivity index (χ3n) is 3.12. The molecule has 1 amide bonds. The Morgan fingerprint density at radius 2 is 2.11 bits per heavy atom. The normalized spacial score (nSPS) is 22.6. The fourth-order valence-electron chi connectivity index (χ4n) is 2.02. The second-order valence-corrected chi connectivity index (χ2v) is 4.87. The second-order valence-electron chi connectivity index (χ2n) is 4.44. The Hall–Kier alpha value is -1.39. The number of anilines is 1. The Labute approximate surface area is 110 Å². The molecule has 2 rings (SSSR count). The smallest absolute Gasteiger partial charge is 0.264 e. The van der Waals surface area contributed by atoms with Crippen LogP contribution in [0.2, 0.25) is 5.02 Å². The maximum absolute atomic E-state index is 12.2. The highest BCUT2D eigenvalue weighted by Crippen LogP contribution is 2.32. The summed E-state index contributed by atoms with van der Waals surface area (Å²) in [6.45, 7) is 1.93. The number of rotatable bonds is 3. The standard InChI is InChI=1S/C13H14ClNO3/c1-2-3-6-13(18)11(16)9-7-8(14)4-5-10(9)15-12(13)17/h4-5,7,18H,2-3,6H2,1H3,(H,15,17). The van der Waals surface area contributed by atoms with E-state index >= 15 is 0 Å². The molecule has 0 aliphatic carbocycles. The molecule has 1 aromatic carbocycles. The van der Waals surface area contributed by atoms with Crippen LogP contribution in [0.5, 0.6) is 0 Å². The van der Waals surface area contributed by atoms with Crippen molar-refractivity contribution in [2.75, 3.05) is 5.32 Å². The SMILES string of the molecule is CCCCC1(O)C(=O)Nc2ccc(Cl)cc2C1=O. The Balaban J connectivity index is 2.43. The molecular formula is C13H14ClNO3. The van der Waals surface area contributed by atoms with E-state index in [0.717, 1.165) is 6.42 Å². The highest BCUT2D eigenvalue weighted by molar-refractivity contribution is 6.32. The molecule has 1 heterocycles. The zero-order chi connectivity index (χ0) is 13.3. The zero-order valence-electron chi connectivity index (χ0n) is 10.00. The van der Waals surface area contributed by atoms with Crippen molar-refractivity contribution in [3.05, 3.63) is 28.8 Å². The number of amides is 1. The summed E-state index contributed by atoms with van der Waals surface area (Å²) < 4.78 is 0. The number of unbranched alkanes of at least 4 members (excludes halogenated alkanes) is 1. The van der Waals surface area contributed by atoms with E-state index in [1.54, 1.807) is 12.1 Å². The van der Waals surface area contributed by atoms with Crippen molar-refractivity contribution >= 4 is 29.0 Å². The molecule has 0 saturated heterocycles. The van der Waals surface area contributed by atoms with Crippen LogP contribution in [-0.4, -0.2) is 22.4 Å². The van der Waals surface area contributed by atoms with Gasteiger partial charge in [0.1, 0.15) is 0 Å². The molecule has 0 bridgehead atoms. The molecule has 4 nitrogen and oxygen atoms in total. The van der Waals surface area contributed by atoms with Gasteiger partial charge in [-0.25, -0.2) is 0 Å². The Kier molecular flexibility index (Phi) is 3.41. The van der Waals surface area contributed by atoms with Crippen molar-refractivity contribution in [2.45, 2.75) is 31.8 Å². The van der Waals surface area contributed by atoms with Crippen molar-refractivity contribution in [3.8, 4) is 0 Å². The predicted octanol–water partition coefficient (Wildman–Crippen LogP) is 2.40. The Bertz CT molecular complexity index is 515. The lowest BCUT2D eigenvalue weighted by Crippen LogP contribution is -2.53. The molecule has 5 heteroatoms. The third kappa shape index (κ3) is 2.02. The first-order valence-corrected chi connectivity index (χ1v) is 6.25. The quantitative estimate of drug-likeness (QED) is 0.827. The summed E-state index contributed by atoms with van der Waals surface area (Å²) in [6.07, 6.45) is 1.52. The van der Waals surface area contributed by atoms with Crippen molar-refractivity contribution < 1.29 is 14.7 Å². The van der Waals surface area contributed by atoms with E-state index in [-0.39, 0.29) is 12.0 Å². The van der Waals surface area contributed by atoms with Crippen LogP contribution in [0.3, 0.4) is 0 Å². The number of nitrogens with one attached hydrogen (secondary N) is 1. The fraction of sp³-hybridized carbons (Fsp3) is 0.385. The van der Waals surface area contributed by atoms with Crippen LogP contribution in [0.15, 0.2) is 18.2 Å². The van der Waals surface area contributed by atoms with E-state index in [4.69, 9.17) is 11.6 Å². The first-order chi connectivity index (χ1) is 8.49. The van der Waals surface area contributed by atoms with E-state index in [1.807, 2.05) is 6.92 Å². The van der Waals surface area contributed by atoms with E-state index in [0.29, 0.717) is 17.1 Å². The van der Waals surface area contributed by atoms with E-state index in [1.165, 1.54) is 6.07 Å². The van der Waals surface area contributed by atoms with Crippen LogP contribution >= 0.6 is 11.6 Å². The van der Waals surface area contributed by atoms with Gasteiger partial charge in [-0.3, -0.25) is 9.59 Å². The summed E-state index contributed by atoms with van der Waals surface area (Å²) >= 11 is 5.83. The molecule has 1 aliphatic heterocycles. The first-order valence-electron chi connectivity index (χ1n) is 5.87. The summed E-state index contributed by atoms with van der Waals surface area (Å²) in [6, 6.07) is 4.62. The molecule has 2 N–H and O–H groups in total. The Morgan fingerprint density at radius 3 is 2.78 bits per heavy atom. The summed E-state index contributed by atoms with van der Waals surface area (Å²) in [5.41, 5.74) is -1.30. The predicted molar refractivity (Wildman–Crippen MR) is 68.9 cm³/mol. The topological polar surface area (TPSA) is 66.4 Å². The van der Waals surface area contributed by atoms with Gasteiger partial charge in [0.25, 0.3) is 5.91 Å². The monoisotopic (exact) mass is 267 g/mol. The van der Waals surface area contributed by atoms with Gasteiger partial charge >= 0.3 is 0 Å². The molecule has 0 saturated carbocycles. The highest BCUT2D eigenvalue weighted by Gasteiger charge is 2.47. The zero-order valence-corrected chi connectivity index (χ0v) is 10.8. The second kappa shape index (κ2) is 4.71. The van der Waals surface area contributed by atoms with Gasteiger partial charge in [0.15, 0.2) is 0 Å². The number of hydrogen-bond acceptors (Lipinski definition) is 3. The van der Waals surface area contributed by atoms with Crippen molar-refractivity contribution in [1.29, 1.82) is 0 Å². The molecule has 1 atom stereocenters. The maximum Gasteiger partial charge on any atom is 0.264 e. The minimum absolute atomic E-state index is 0.125. The minimum atomic E-state index is -1.96. The maximum atomic E-state index is 12.2. The minimum Gasteiger partial charge on any atom is -0.373 e. The van der Waals surface area contributed by atoms with Crippen molar-refractivity contribution in [2.24, 2.45) is 0 Å². The molecule has 1 aliphatic rings. The van der Waals surface area contributed by atoms with Gasteiger partial charge in [0.2, 0.25) is 11.4 Å². The lowest BCUT2D eigenvalue weighted by Gasteiger charge is -2.31. The number of hydrogen-bond donors (Lipinski definition) is 2. The van der Waals surface area contributed by atoms with Crippen LogP contribution < -0.4 is 5.32 Å². The van der Waals surface area contributed by atoms with Gasteiger partial charge in [-0.2, -0.15) is 0 Å². The van der Waals surface area contributed by atoms with Crippen LogP contribution in [0.4, 0.5) is 5.69 Å². The number of fused-ring (bicyclic) bond motifs is 1. The molecule has 1 aromatic rings. The fourth-order valence-corrected chi connectivity index (χ4v) is 2.20. The van der Waals surface area contributed by atoms with E-state index < -0.39 is 17.3 Å². The molecule has 1 unspecified atom stereocenters. The molecule has 18 heavy (non-hydrogen) atoms.